The van der Waals surface area contributed by atoms with Crippen LogP contribution < -0.4 is 11.1 Å². The van der Waals surface area contributed by atoms with Crippen molar-refractivity contribution < 1.29 is 9.32 Å². The van der Waals surface area contributed by atoms with Crippen LogP contribution in [0.4, 0.5) is 0 Å². The second kappa shape index (κ2) is 4.49. The van der Waals surface area contributed by atoms with Gasteiger partial charge in [0.25, 0.3) is 0 Å². The second-order valence-corrected chi connectivity index (χ2v) is 4.96. The van der Waals surface area contributed by atoms with E-state index >= 15 is 0 Å². The summed E-state index contributed by atoms with van der Waals surface area (Å²) < 4.78 is 5.03. The summed E-state index contributed by atoms with van der Waals surface area (Å²) in [6.45, 7) is 5.01. The van der Waals surface area contributed by atoms with Crippen molar-refractivity contribution in [1.82, 2.24) is 10.5 Å². The molecule has 0 unspecified atom stereocenters. The lowest BCUT2D eigenvalue weighted by Gasteiger charge is -2.13. The summed E-state index contributed by atoms with van der Waals surface area (Å²) in [6, 6.07) is 0. The highest BCUT2D eigenvalue weighted by atomic mass is 16.5. The molecule has 2 rings (SSSR count). The van der Waals surface area contributed by atoms with Gasteiger partial charge in [-0.05, 0) is 38.6 Å². The van der Waals surface area contributed by atoms with E-state index < -0.39 is 0 Å². The summed E-state index contributed by atoms with van der Waals surface area (Å²) in [5.41, 5.74) is 7.52. The van der Waals surface area contributed by atoms with Crippen molar-refractivity contribution >= 4 is 5.91 Å². The Kier molecular flexibility index (Phi) is 3.19. The van der Waals surface area contributed by atoms with Gasteiger partial charge in [-0.25, -0.2) is 0 Å². The fourth-order valence-electron chi connectivity index (χ4n) is 1.89. The van der Waals surface area contributed by atoms with Crippen molar-refractivity contribution in [3.05, 3.63) is 17.0 Å². The first-order chi connectivity index (χ1) is 8.06. The van der Waals surface area contributed by atoms with E-state index in [1.807, 2.05) is 13.8 Å². The smallest absolute Gasteiger partial charge is 0.224 e. The van der Waals surface area contributed by atoms with Gasteiger partial charge in [-0.15, -0.1) is 0 Å². The van der Waals surface area contributed by atoms with Crippen molar-refractivity contribution in [2.75, 3.05) is 13.1 Å². The third-order valence-corrected chi connectivity index (χ3v) is 3.57. The number of hydrogen-bond acceptors (Lipinski definition) is 4. The Bertz CT molecular complexity index is 402. The molecule has 0 saturated heterocycles. The molecular weight excluding hydrogens is 218 g/mol. The van der Waals surface area contributed by atoms with E-state index in [0.29, 0.717) is 19.5 Å². The number of nitrogens with zero attached hydrogens (tertiary/aromatic N) is 1. The quantitative estimate of drug-likeness (QED) is 0.789. The van der Waals surface area contributed by atoms with Gasteiger partial charge >= 0.3 is 0 Å². The maximum absolute atomic E-state index is 11.8. The van der Waals surface area contributed by atoms with Gasteiger partial charge in [0.15, 0.2) is 0 Å². The lowest BCUT2D eigenvalue weighted by Crippen LogP contribution is -2.34. The van der Waals surface area contributed by atoms with Crippen molar-refractivity contribution in [3.8, 4) is 0 Å². The van der Waals surface area contributed by atoms with E-state index in [4.69, 9.17) is 10.3 Å². The molecule has 3 N–H and O–H groups in total. The number of hydrogen-bond donors (Lipinski definition) is 2. The van der Waals surface area contributed by atoms with Gasteiger partial charge in [-0.3, -0.25) is 4.79 Å². The van der Waals surface area contributed by atoms with Crippen LogP contribution in [0, 0.1) is 19.3 Å². The Morgan fingerprint density at radius 1 is 1.53 bits per heavy atom. The van der Waals surface area contributed by atoms with Gasteiger partial charge < -0.3 is 15.6 Å². The SMILES string of the molecule is Cc1noc(C)c1CC(=O)NCC1(CN)CC1. The largest absolute Gasteiger partial charge is 0.361 e. The molecule has 0 atom stereocenters. The topological polar surface area (TPSA) is 81.2 Å². The standard InChI is InChI=1S/C12H19N3O2/c1-8-10(9(2)17-15-8)5-11(16)14-7-12(6-13)3-4-12/h3-7,13H2,1-2H3,(H,14,16). The van der Waals surface area contributed by atoms with Gasteiger partial charge in [-0.1, -0.05) is 5.16 Å². The van der Waals surface area contributed by atoms with E-state index in [0.717, 1.165) is 29.9 Å². The molecule has 1 heterocycles. The van der Waals surface area contributed by atoms with E-state index in [1.54, 1.807) is 0 Å². The van der Waals surface area contributed by atoms with Crippen LogP contribution >= 0.6 is 0 Å². The molecule has 1 saturated carbocycles. The van der Waals surface area contributed by atoms with Crippen LogP contribution in [0.1, 0.15) is 29.9 Å². The number of aromatic nitrogens is 1. The molecule has 0 aliphatic heterocycles. The summed E-state index contributed by atoms with van der Waals surface area (Å²) in [5.74, 6) is 0.733. The molecule has 1 aliphatic carbocycles. The maximum Gasteiger partial charge on any atom is 0.224 e. The monoisotopic (exact) mass is 237 g/mol. The van der Waals surface area contributed by atoms with Gasteiger partial charge in [0.1, 0.15) is 5.76 Å². The molecule has 0 radical (unpaired) electrons. The minimum Gasteiger partial charge on any atom is -0.361 e. The van der Waals surface area contributed by atoms with Crippen LogP contribution in [-0.4, -0.2) is 24.2 Å². The van der Waals surface area contributed by atoms with Crippen LogP contribution in [0.5, 0.6) is 0 Å². The van der Waals surface area contributed by atoms with E-state index in [-0.39, 0.29) is 11.3 Å². The van der Waals surface area contributed by atoms with Crippen LogP contribution in [0.2, 0.25) is 0 Å². The number of carbonyl (C=O) groups excluding carboxylic acids is 1. The lowest BCUT2D eigenvalue weighted by molar-refractivity contribution is -0.120. The summed E-state index contributed by atoms with van der Waals surface area (Å²) in [4.78, 5) is 11.8. The molecule has 0 spiro atoms. The zero-order valence-corrected chi connectivity index (χ0v) is 10.4. The third kappa shape index (κ3) is 2.66. The minimum atomic E-state index is 0.0131. The fraction of sp³-hybridized carbons (Fsp3) is 0.667. The molecule has 1 fully saturated rings. The number of nitrogens with two attached hydrogens (primary N) is 1. The van der Waals surface area contributed by atoms with Crippen molar-refractivity contribution in [2.45, 2.75) is 33.1 Å². The summed E-state index contributed by atoms with van der Waals surface area (Å²) in [5, 5.41) is 6.77. The highest BCUT2D eigenvalue weighted by molar-refractivity contribution is 5.79. The second-order valence-electron chi connectivity index (χ2n) is 4.96. The molecule has 94 valence electrons. The first kappa shape index (κ1) is 12.1. The number of nitrogens with one attached hydrogen (secondary N) is 1. The molecule has 17 heavy (non-hydrogen) atoms. The molecule has 0 bridgehead atoms. The average Bonchev–Trinajstić information content (AvgIpc) is 3.04. The van der Waals surface area contributed by atoms with Gasteiger partial charge in [-0.2, -0.15) is 0 Å². The van der Waals surface area contributed by atoms with Crippen molar-refractivity contribution in [1.29, 1.82) is 0 Å². The normalized spacial score (nSPS) is 16.9. The fourth-order valence-corrected chi connectivity index (χ4v) is 1.89. The van der Waals surface area contributed by atoms with Crippen LogP contribution in [0.3, 0.4) is 0 Å². The highest BCUT2D eigenvalue weighted by Gasteiger charge is 2.41. The molecule has 5 nitrogen and oxygen atoms in total. The van der Waals surface area contributed by atoms with Crippen molar-refractivity contribution in [2.24, 2.45) is 11.1 Å². The predicted octanol–water partition coefficient (Wildman–Crippen LogP) is 0.689. The molecular formula is C12H19N3O2. The number of rotatable bonds is 5. The average molecular weight is 237 g/mol. The first-order valence-electron chi connectivity index (χ1n) is 5.95. The third-order valence-electron chi connectivity index (χ3n) is 3.57. The van der Waals surface area contributed by atoms with Crippen LogP contribution in [0.15, 0.2) is 4.52 Å². The number of carbonyl (C=O) groups is 1. The number of amides is 1. The zero-order chi connectivity index (χ0) is 12.5. The molecule has 1 aromatic rings. The Morgan fingerprint density at radius 2 is 2.24 bits per heavy atom. The van der Waals surface area contributed by atoms with Gasteiger partial charge in [0.05, 0.1) is 12.1 Å². The number of aryl methyl sites for hydroxylation is 2. The van der Waals surface area contributed by atoms with E-state index in [1.165, 1.54) is 0 Å². The lowest BCUT2D eigenvalue weighted by atomic mass is 10.1. The van der Waals surface area contributed by atoms with Crippen molar-refractivity contribution in [3.63, 3.8) is 0 Å². The molecule has 5 heteroatoms. The Balaban J connectivity index is 1.85. The Labute approximate surface area is 101 Å². The molecule has 1 aromatic heterocycles. The van der Waals surface area contributed by atoms with E-state index in [9.17, 15) is 4.79 Å². The molecule has 0 aromatic carbocycles. The Hall–Kier alpha value is -1.36. The summed E-state index contributed by atoms with van der Waals surface area (Å²) in [7, 11) is 0. The van der Waals surface area contributed by atoms with Crippen LogP contribution in [-0.2, 0) is 11.2 Å². The summed E-state index contributed by atoms with van der Waals surface area (Å²) in [6.07, 6.45) is 2.58. The predicted molar refractivity (Wildman–Crippen MR) is 63.4 cm³/mol. The molecule has 1 aliphatic rings. The van der Waals surface area contributed by atoms with E-state index in [2.05, 4.69) is 10.5 Å². The highest BCUT2D eigenvalue weighted by Crippen LogP contribution is 2.43. The molecule has 1 amide bonds. The summed E-state index contributed by atoms with van der Waals surface area (Å²) >= 11 is 0. The Morgan fingerprint density at radius 3 is 2.71 bits per heavy atom. The maximum atomic E-state index is 11.8. The zero-order valence-electron chi connectivity index (χ0n) is 10.4. The van der Waals surface area contributed by atoms with Crippen LogP contribution in [0.25, 0.3) is 0 Å². The van der Waals surface area contributed by atoms with Gasteiger partial charge in [0, 0.05) is 12.1 Å². The first-order valence-corrected chi connectivity index (χ1v) is 5.95. The van der Waals surface area contributed by atoms with Gasteiger partial charge in [0.2, 0.25) is 5.91 Å². The minimum absolute atomic E-state index is 0.0131.